The lowest BCUT2D eigenvalue weighted by Crippen LogP contribution is -2.51. The van der Waals surface area contributed by atoms with E-state index >= 15 is 0 Å². The summed E-state index contributed by atoms with van der Waals surface area (Å²) in [5.74, 6) is -0.425. The molecule has 0 spiro atoms. The summed E-state index contributed by atoms with van der Waals surface area (Å²) in [7, 11) is 1.69. The molecule has 0 aromatic carbocycles. The first kappa shape index (κ1) is 22.2. The number of amides is 3. The van der Waals surface area contributed by atoms with Crippen molar-refractivity contribution in [1.29, 1.82) is 0 Å². The van der Waals surface area contributed by atoms with Gasteiger partial charge in [-0.3, -0.25) is 9.78 Å². The van der Waals surface area contributed by atoms with E-state index in [1.54, 1.807) is 36.7 Å². The van der Waals surface area contributed by atoms with Crippen LogP contribution in [0.4, 0.5) is 4.79 Å². The molecule has 8 heteroatoms. The van der Waals surface area contributed by atoms with Gasteiger partial charge in [-0.25, -0.2) is 4.79 Å². The summed E-state index contributed by atoms with van der Waals surface area (Å²) in [6.45, 7) is 4.77. The molecule has 1 atom stereocenters. The smallest absolute Gasteiger partial charge is 0.317 e. The minimum atomic E-state index is -0.425. The van der Waals surface area contributed by atoms with Crippen LogP contribution in [0.2, 0.25) is 0 Å². The Labute approximate surface area is 182 Å². The van der Waals surface area contributed by atoms with Crippen molar-refractivity contribution in [1.82, 2.24) is 20.1 Å². The van der Waals surface area contributed by atoms with Crippen molar-refractivity contribution in [3.8, 4) is 0 Å². The Balaban J connectivity index is 1.53. The Hall–Kier alpha value is -2.45. The van der Waals surface area contributed by atoms with Crippen LogP contribution in [-0.2, 0) is 13.0 Å². The van der Waals surface area contributed by atoms with Gasteiger partial charge in [0.1, 0.15) is 0 Å². The van der Waals surface area contributed by atoms with Crippen LogP contribution in [0.25, 0.3) is 0 Å². The summed E-state index contributed by atoms with van der Waals surface area (Å²) in [6.07, 6.45) is 5.26. The van der Waals surface area contributed by atoms with E-state index in [2.05, 4.69) is 33.6 Å². The van der Waals surface area contributed by atoms with E-state index in [1.807, 2.05) is 10.3 Å². The van der Waals surface area contributed by atoms with Crippen LogP contribution in [0, 0.1) is 0 Å². The molecule has 3 amide bonds. The SMILES string of the molecule is CNC(=O)N(Cc1ccsc1)C1CCN([C@H](C)CCc2ncccc2C(N)=O)CC1. The van der Waals surface area contributed by atoms with Crippen molar-refractivity contribution in [2.24, 2.45) is 5.73 Å². The number of thiophene rings is 1. The Morgan fingerprint density at radius 1 is 1.37 bits per heavy atom. The molecule has 0 aliphatic carbocycles. The number of carbonyl (C=O) groups excluding carboxylic acids is 2. The van der Waals surface area contributed by atoms with E-state index in [0.29, 0.717) is 18.2 Å². The fourth-order valence-electron chi connectivity index (χ4n) is 4.12. The number of nitrogens with two attached hydrogens (primary N) is 1. The molecule has 3 N–H and O–H groups in total. The van der Waals surface area contributed by atoms with Crippen LogP contribution in [0.5, 0.6) is 0 Å². The first-order chi connectivity index (χ1) is 14.5. The third-order valence-corrected chi connectivity index (χ3v) is 6.66. The molecular weight excluding hydrogens is 398 g/mol. The number of rotatable bonds is 8. The number of piperidine rings is 1. The number of carbonyl (C=O) groups is 2. The van der Waals surface area contributed by atoms with Crippen LogP contribution in [0.15, 0.2) is 35.2 Å². The van der Waals surface area contributed by atoms with Gasteiger partial charge >= 0.3 is 6.03 Å². The number of urea groups is 1. The molecule has 2 aromatic rings. The van der Waals surface area contributed by atoms with Gasteiger partial charge in [0, 0.05) is 45.0 Å². The zero-order chi connectivity index (χ0) is 21.5. The molecule has 0 unspecified atom stereocenters. The Morgan fingerprint density at radius 3 is 2.77 bits per heavy atom. The topological polar surface area (TPSA) is 91.6 Å². The fourth-order valence-corrected chi connectivity index (χ4v) is 4.78. The van der Waals surface area contributed by atoms with Crippen LogP contribution >= 0.6 is 11.3 Å². The molecule has 1 fully saturated rings. The van der Waals surface area contributed by atoms with Gasteiger partial charge < -0.3 is 20.9 Å². The van der Waals surface area contributed by atoms with Gasteiger partial charge in [0.05, 0.1) is 11.3 Å². The van der Waals surface area contributed by atoms with E-state index in [1.165, 1.54) is 5.56 Å². The lowest BCUT2D eigenvalue weighted by molar-refractivity contribution is 0.0950. The first-order valence-electron chi connectivity index (χ1n) is 10.5. The molecule has 0 bridgehead atoms. The Morgan fingerprint density at radius 2 is 2.13 bits per heavy atom. The molecule has 0 radical (unpaired) electrons. The maximum atomic E-state index is 12.5. The largest absolute Gasteiger partial charge is 0.366 e. The van der Waals surface area contributed by atoms with Crippen molar-refractivity contribution in [3.63, 3.8) is 0 Å². The molecule has 0 saturated carbocycles. The second-order valence-corrected chi connectivity index (χ2v) is 8.61. The molecule has 2 aromatic heterocycles. The van der Waals surface area contributed by atoms with Gasteiger partial charge in [-0.2, -0.15) is 11.3 Å². The fraction of sp³-hybridized carbons (Fsp3) is 0.500. The van der Waals surface area contributed by atoms with Crippen LogP contribution in [-0.4, -0.2) is 58.9 Å². The van der Waals surface area contributed by atoms with Crippen molar-refractivity contribution >= 4 is 23.3 Å². The Kier molecular flexibility index (Phi) is 7.81. The number of aromatic nitrogens is 1. The number of likely N-dealkylation sites (tertiary alicyclic amines) is 1. The second-order valence-electron chi connectivity index (χ2n) is 7.83. The highest BCUT2D eigenvalue weighted by Crippen LogP contribution is 2.23. The molecule has 162 valence electrons. The molecular formula is C22H31N5O2S. The quantitative estimate of drug-likeness (QED) is 0.675. The summed E-state index contributed by atoms with van der Waals surface area (Å²) in [5.41, 5.74) is 7.93. The molecule has 7 nitrogen and oxygen atoms in total. The normalized spacial score (nSPS) is 16.2. The highest BCUT2D eigenvalue weighted by Gasteiger charge is 2.29. The maximum absolute atomic E-state index is 12.5. The standard InChI is InChI=1S/C22H31N5O2S/c1-16(5-6-20-19(21(23)28)4-3-10-25-20)26-11-7-18(8-12-26)27(22(29)24-2)14-17-9-13-30-15-17/h3-4,9-10,13,15-16,18H,5-8,11-12,14H2,1-2H3,(H2,23,28)(H,24,29)/t16-/m1/s1. The van der Waals surface area contributed by atoms with Crippen LogP contribution in [0.1, 0.15) is 47.8 Å². The minimum absolute atomic E-state index is 0.0122. The highest BCUT2D eigenvalue weighted by atomic mass is 32.1. The lowest BCUT2D eigenvalue weighted by atomic mass is 9.99. The van der Waals surface area contributed by atoms with E-state index in [9.17, 15) is 9.59 Å². The van der Waals surface area contributed by atoms with E-state index in [-0.39, 0.29) is 12.1 Å². The van der Waals surface area contributed by atoms with Gasteiger partial charge in [-0.05, 0) is 67.1 Å². The van der Waals surface area contributed by atoms with Gasteiger partial charge in [0.25, 0.3) is 5.91 Å². The number of pyridine rings is 1. The molecule has 3 rings (SSSR count). The molecule has 30 heavy (non-hydrogen) atoms. The number of hydrogen-bond acceptors (Lipinski definition) is 5. The number of aryl methyl sites for hydroxylation is 1. The zero-order valence-corrected chi connectivity index (χ0v) is 18.5. The van der Waals surface area contributed by atoms with Gasteiger partial charge in [-0.1, -0.05) is 0 Å². The summed E-state index contributed by atoms with van der Waals surface area (Å²) in [4.78, 5) is 32.8. The first-order valence-corrected chi connectivity index (χ1v) is 11.4. The molecule has 1 aliphatic heterocycles. The average molecular weight is 430 g/mol. The predicted molar refractivity (Wildman–Crippen MR) is 119 cm³/mol. The number of nitrogens with zero attached hydrogens (tertiary/aromatic N) is 3. The molecule has 1 aliphatic rings. The van der Waals surface area contributed by atoms with Crippen LogP contribution in [0.3, 0.4) is 0 Å². The van der Waals surface area contributed by atoms with E-state index in [4.69, 9.17) is 5.73 Å². The van der Waals surface area contributed by atoms with E-state index < -0.39 is 5.91 Å². The van der Waals surface area contributed by atoms with Gasteiger partial charge in [0.2, 0.25) is 0 Å². The maximum Gasteiger partial charge on any atom is 0.317 e. The molecule has 1 saturated heterocycles. The van der Waals surface area contributed by atoms with Gasteiger partial charge in [-0.15, -0.1) is 0 Å². The predicted octanol–water partition coefficient (Wildman–Crippen LogP) is 2.87. The average Bonchev–Trinajstić information content (AvgIpc) is 3.29. The number of primary amides is 1. The Bertz CT molecular complexity index is 834. The summed E-state index contributed by atoms with van der Waals surface area (Å²) >= 11 is 1.66. The van der Waals surface area contributed by atoms with Crippen molar-refractivity contribution < 1.29 is 9.59 Å². The molecule has 3 heterocycles. The van der Waals surface area contributed by atoms with Crippen molar-refractivity contribution in [3.05, 3.63) is 52.0 Å². The van der Waals surface area contributed by atoms with Crippen molar-refractivity contribution in [2.75, 3.05) is 20.1 Å². The third-order valence-electron chi connectivity index (χ3n) is 5.93. The summed E-state index contributed by atoms with van der Waals surface area (Å²) < 4.78 is 0. The monoisotopic (exact) mass is 429 g/mol. The summed E-state index contributed by atoms with van der Waals surface area (Å²) in [6, 6.07) is 6.16. The minimum Gasteiger partial charge on any atom is -0.366 e. The summed E-state index contributed by atoms with van der Waals surface area (Å²) in [5, 5.41) is 6.94. The van der Waals surface area contributed by atoms with Gasteiger partial charge in [0.15, 0.2) is 0 Å². The zero-order valence-electron chi connectivity index (χ0n) is 17.7. The number of nitrogens with one attached hydrogen (secondary N) is 1. The third kappa shape index (κ3) is 5.58. The van der Waals surface area contributed by atoms with Crippen molar-refractivity contribution in [2.45, 2.75) is 51.2 Å². The number of hydrogen-bond donors (Lipinski definition) is 2. The lowest BCUT2D eigenvalue weighted by Gasteiger charge is -2.40. The second kappa shape index (κ2) is 10.5. The highest BCUT2D eigenvalue weighted by molar-refractivity contribution is 7.07. The van der Waals surface area contributed by atoms with Crippen LogP contribution < -0.4 is 11.1 Å². The van der Waals surface area contributed by atoms with E-state index in [0.717, 1.165) is 44.5 Å².